The Hall–Kier alpha value is -1.82. The Morgan fingerprint density at radius 2 is 2.09 bits per heavy atom. The molecule has 0 aliphatic heterocycles. The largest absolute Gasteiger partial charge is 0.352 e. The summed E-state index contributed by atoms with van der Waals surface area (Å²) in [5, 5.41) is 3.83. The molecule has 116 valence electrons. The highest BCUT2D eigenvalue weighted by Gasteiger charge is 2.22. The van der Waals surface area contributed by atoms with E-state index in [1.807, 2.05) is 19.1 Å². The highest BCUT2D eigenvalue weighted by Crippen LogP contribution is 2.22. The third kappa shape index (κ3) is 3.32. The number of nitrogens with zero attached hydrogens (tertiary/aromatic N) is 1. The van der Waals surface area contributed by atoms with Crippen LogP contribution in [0.15, 0.2) is 34.2 Å². The number of H-pyrrole nitrogens is 1. The van der Waals surface area contributed by atoms with Gasteiger partial charge >= 0.3 is 0 Å². The Kier molecular flexibility index (Phi) is 4.47. The van der Waals surface area contributed by atoms with Gasteiger partial charge in [0, 0.05) is 6.04 Å². The Bertz CT molecular complexity index is 737. The number of nitrogens with one attached hydrogen (secondary N) is 2. The van der Waals surface area contributed by atoms with Crippen molar-refractivity contribution >= 4 is 28.6 Å². The molecule has 1 atom stereocenters. The van der Waals surface area contributed by atoms with E-state index in [4.69, 9.17) is 0 Å². The summed E-state index contributed by atoms with van der Waals surface area (Å²) < 4.78 is 0. The Morgan fingerprint density at radius 1 is 1.36 bits per heavy atom. The summed E-state index contributed by atoms with van der Waals surface area (Å²) in [4.78, 5) is 31.4. The lowest BCUT2D eigenvalue weighted by Gasteiger charge is -2.16. The van der Waals surface area contributed by atoms with E-state index in [0.29, 0.717) is 22.1 Å². The van der Waals surface area contributed by atoms with Gasteiger partial charge in [0.1, 0.15) is 0 Å². The quantitative estimate of drug-likeness (QED) is 0.671. The molecule has 1 heterocycles. The molecular formula is C16H19N3O2S. The van der Waals surface area contributed by atoms with E-state index >= 15 is 0 Å². The molecule has 1 unspecified atom stereocenters. The molecule has 2 N–H and O–H groups in total. The summed E-state index contributed by atoms with van der Waals surface area (Å²) in [6, 6.07) is 7.51. The summed E-state index contributed by atoms with van der Waals surface area (Å²) in [5.41, 5.74) is 0.480. The van der Waals surface area contributed by atoms with E-state index < -0.39 is 0 Å². The van der Waals surface area contributed by atoms with Crippen molar-refractivity contribution in [3.8, 4) is 0 Å². The minimum Gasteiger partial charge on any atom is -0.352 e. The molecule has 0 spiro atoms. The summed E-state index contributed by atoms with van der Waals surface area (Å²) in [5.74, 6) is 0.00714. The molecular weight excluding hydrogens is 298 g/mol. The molecule has 0 saturated heterocycles. The number of rotatable bonds is 4. The molecule has 1 aliphatic rings. The maximum Gasteiger partial charge on any atom is 0.259 e. The number of benzene rings is 1. The third-order valence-corrected chi connectivity index (χ3v) is 4.93. The molecule has 1 fully saturated rings. The van der Waals surface area contributed by atoms with Crippen LogP contribution in [0.25, 0.3) is 10.9 Å². The van der Waals surface area contributed by atoms with Crippen LogP contribution in [0.5, 0.6) is 0 Å². The van der Waals surface area contributed by atoms with E-state index in [-0.39, 0.29) is 16.7 Å². The fraction of sp³-hybridized carbons (Fsp3) is 0.438. The number of aromatic nitrogens is 2. The molecule has 2 aromatic rings. The van der Waals surface area contributed by atoms with Crippen molar-refractivity contribution in [1.82, 2.24) is 15.3 Å². The highest BCUT2D eigenvalue weighted by atomic mass is 32.2. The molecule has 1 aliphatic carbocycles. The second-order valence-corrected chi connectivity index (χ2v) is 6.97. The van der Waals surface area contributed by atoms with Crippen molar-refractivity contribution in [2.24, 2.45) is 0 Å². The zero-order chi connectivity index (χ0) is 15.5. The summed E-state index contributed by atoms with van der Waals surface area (Å²) in [6.07, 6.45) is 4.50. The van der Waals surface area contributed by atoms with Crippen LogP contribution in [-0.2, 0) is 4.79 Å². The van der Waals surface area contributed by atoms with Crippen molar-refractivity contribution in [3.05, 3.63) is 34.6 Å². The zero-order valence-electron chi connectivity index (χ0n) is 12.5. The summed E-state index contributed by atoms with van der Waals surface area (Å²) in [7, 11) is 0. The van der Waals surface area contributed by atoms with Gasteiger partial charge in [0.05, 0.1) is 16.2 Å². The first-order valence-corrected chi connectivity index (χ1v) is 8.47. The molecule has 6 heteroatoms. The van der Waals surface area contributed by atoms with Crippen LogP contribution in [0.1, 0.15) is 32.6 Å². The van der Waals surface area contributed by atoms with Gasteiger partial charge in [-0.25, -0.2) is 4.98 Å². The normalized spacial score (nSPS) is 16.8. The van der Waals surface area contributed by atoms with Gasteiger partial charge in [0.15, 0.2) is 5.16 Å². The predicted octanol–water partition coefficient (Wildman–Crippen LogP) is 2.46. The van der Waals surface area contributed by atoms with Gasteiger partial charge in [-0.2, -0.15) is 0 Å². The number of carbonyl (C=O) groups excluding carboxylic acids is 1. The molecule has 1 aromatic heterocycles. The fourth-order valence-electron chi connectivity index (χ4n) is 2.73. The van der Waals surface area contributed by atoms with E-state index in [9.17, 15) is 9.59 Å². The lowest BCUT2D eigenvalue weighted by atomic mass is 10.2. The molecule has 1 amide bonds. The van der Waals surface area contributed by atoms with Gasteiger partial charge < -0.3 is 10.3 Å². The monoisotopic (exact) mass is 317 g/mol. The number of aromatic amines is 1. The van der Waals surface area contributed by atoms with E-state index in [0.717, 1.165) is 12.8 Å². The number of thioether (sulfide) groups is 1. The maximum atomic E-state index is 12.2. The van der Waals surface area contributed by atoms with Crippen LogP contribution in [0, 0.1) is 0 Å². The van der Waals surface area contributed by atoms with Gasteiger partial charge in [0.25, 0.3) is 5.56 Å². The first-order valence-electron chi connectivity index (χ1n) is 7.59. The highest BCUT2D eigenvalue weighted by molar-refractivity contribution is 8.00. The van der Waals surface area contributed by atoms with Crippen molar-refractivity contribution in [2.75, 3.05) is 0 Å². The Labute approximate surface area is 132 Å². The number of para-hydroxylation sites is 1. The first-order chi connectivity index (χ1) is 10.6. The minimum atomic E-state index is -0.287. The van der Waals surface area contributed by atoms with Crippen LogP contribution in [0.3, 0.4) is 0 Å². The smallest absolute Gasteiger partial charge is 0.259 e. The topological polar surface area (TPSA) is 74.8 Å². The molecule has 0 bridgehead atoms. The van der Waals surface area contributed by atoms with Crippen LogP contribution >= 0.6 is 11.8 Å². The zero-order valence-corrected chi connectivity index (χ0v) is 13.3. The second kappa shape index (κ2) is 6.52. The molecule has 1 saturated carbocycles. The number of fused-ring (bicyclic) bond motifs is 1. The molecule has 0 radical (unpaired) electrons. The molecule has 5 nitrogen and oxygen atoms in total. The Morgan fingerprint density at radius 3 is 2.86 bits per heavy atom. The maximum absolute atomic E-state index is 12.2. The SMILES string of the molecule is CC(Sc1nc2ccccc2c(=O)[nH]1)C(=O)NC1CCCC1. The number of hydrogen-bond acceptors (Lipinski definition) is 4. The Balaban J connectivity index is 1.71. The number of amides is 1. The van der Waals surface area contributed by atoms with Gasteiger partial charge in [-0.1, -0.05) is 36.7 Å². The van der Waals surface area contributed by atoms with E-state index in [1.165, 1.54) is 24.6 Å². The van der Waals surface area contributed by atoms with Crippen molar-refractivity contribution in [2.45, 2.75) is 49.1 Å². The standard InChI is InChI=1S/C16H19N3O2S/c1-10(14(20)17-11-6-2-3-7-11)22-16-18-13-9-5-4-8-12(13)15(21)19-16/h4-5,8-11H,2-3,6-7H2,1H3,(H,17,20)(H,18,19,21). The number of carbonyl (C=O) groups is 1. The first kappa shape index (κ1) is 15.1. The van der Waals surface area contributed by atoms with Gasteiger partial charge in [-0.05, 0) is 31.9 Å². The molecule has 22 heavy (non-hydrogen) atoms. The van der Waals surface area contributed by atoms with Gasteiger partial charge in [-0.15, -0.1) is 0 Å². The minimum absolute atomic E-state index is 0.00714. The van der Waals surface area contributed by atoms with Crippen molar-refractivity contribution in [1.29, 1.82) is 0 Å². The third-order valence-electron chi connectivity index (χ3n) is 3.95. The van der Waals surface area contributed by atoms with E-state index in [1.54, 1.807) is 12.1 Å². The number of hydrogen-bond donors (Lipinski definition) is 2. The van der Waals surface area contributed by atoms with Crippen molar-refractivity contribution < 1.29 is 4.79 Å². The fourth-order valence-corrected chi connectivity index (χ4v) is 3.54. The van der Waals surface area contributed by atoms with E-state index in [2.05, 4.69) is 15.3 Å². The average Bonchev–Trinajstić information content (AvgIpc) is 3.00. The summed E-state index contributed by atoms with van der Waals surface area (Å²) >= 11 is 1.29. The van der Waals surface area contributed by atoms with Crippen LogP contribution in [0.2, 0.25) is 0 Å². The van der Waals surface area contributed by atoms with Crippen LogP contribution in [-0.4, -0.2) is 27.2 Å². The molecule has 3 rings (SSSR count). The summed E-state index contributed by atoms with van der Waals surface area (Å²) in [6.45, 7) is 1.84. The van der Waals surface area contributed by atoms with Crippen LogP contribution < -0.4 is 10.9 Å². The second-order valence-electron chi connectivity index (χ2n) is 5.64. The van der Waals surface area contributed by atoms with Gasteiger partial charge in [-0.3, -0.25) is 9.59 Å². The average molecular weight is 317 g/mol. The lowest BCUT2D eigenvalue weighted by Crippen LogP contribution is -2.37. The molecule has 1 aromatic carbocycles. The van der Waals surface area contributed by atoms with Crippen molar-refractivity contribution in [3.63, 3.8) is 0 Å². The lowest BCUT2D eigenvalue weighted by molar-refractivity contribution is -0.120. The van der Waals surface area contributed by atoms with Crippen LogP contribution in [0.4, 0.5) is 0 Å². The van der Waals surface area contributed by atoms with Gasteiger partial charge in [0.2, 0.25) is 5.91 Å². The predicted molar refractivity (Wildman–Crippen MR) is 88.1 cm³/mol.